The van der Waals surface area contributed by atoms with Crippen LogP contribution in [0.3, 0.4) is 0 Å². The Morgan fingerprint density at radius 2 is 2.03 bits per heavy atom. The number of pyridine rings is 1. The van der Waals surface area contributed by atoms with E-state index in [0.29, 0.717) is 18.2 Å². The first-order chi connectivity index (χ1) is 14.3. The summed E-state index contributed by atoms with van der Waals surface area (Å²) in [5.74, 6) is 1.97. The Morgan fingerprint density at radius 1 is 1.27 bits per heavy atom. The van der Waals surface area contributed by atoms with E-state index >= 15 is 0 Å². The van der Waals surface area contributed by atoms with Gasteiger partial charge in [0.2, 0.25) is 0 Å². The summed E-state index contributed by atoms with van der Waals surface area (Å²) < 4.78 is 17.0. The van der Waals surface area contributed by atoms with Crippen LogP contribution in [-0.2, 0) is 16.1 Å². The first-order valence-corrected chi connectivity index (χ1v) is 10.4. The van der Waals surface area contributed by atoms with Gasteiger partial charge in [-0.1, -0.05) is 0 Å². The fourth-order valence-corrected chi connectivity index (χ4v) is 4.01. The minimum atomic E-state index is -0.557. The highest BCUT2D eigenvalue weighted by atomic mass is 16.6. The van der Waals surface area contributed by atoms with Crippen LogP contribution in [0.1, 0.15) is 56.2 Å². The highest BCUT2D eigenvalue weighted by Gasteiger charge is 2.26. The number of benzene rings is 1. The Labute approximate surface area is 177 Å². The topological polar surface area (TPSA) is 81.7 Å². The molecular weight excluding hydrogens is 382 g/mol. The van der Waals surface area contributed by atoms with Gasteiger partial charge in [-0.05, 0) is 75.8 Å². The normalized spacial score (nSPS) is 16.4. The van der Waals surface area contributed by atoms with Crippen LogP contribution in [-0.4, -0.2) is 29.9 Å². The summed E-state index contributed by atoms with van der Waals surface area (Å²) in [6.07, 6.45) is 3.44. The predicted molar refractivity (Wildman–Crippen MR) is 116 cm³/mol. The number of anilines is 3. The van der Waals surface area contributed by atoms with Crippen molar-refractivity contribution in [3.8, 4) is 5.75 Å². The number of nitrogens with zero attached hydrogens (tertiary/aromatic N) is 1. The van der Waals surface area contributed by atoms with Crippen LogP contribution < -0.4 is 15.4 Å². The monoisotopic (exact) mass is 411 g/mol. The smallest absolute Gasteiger partial charge is 0.412 e. The highest BCUT2D eigenvalue weighted by Crippen LogP contribution is 2.40. The van der Waals surface area contributed by atoms with Crippen molar-refractivity contribution in [1.82, 2.24) is 4.98 Å². The van der Waals surface area contributed by atoms with Crippen LogP contribution in [0.15, 0.2) is 24.4 Å². The number of carbonyl (C=O) groups excluding carboxylic acids is 1. The van der Waals surface area contributed by atoms with Crippen molar-refractivity contribution in [2.45, 2.75) is 58.7 Å². The predicted octanol–water partition coefficient (Wildman–Crippen LogP) is 5.27. The van der Waals surface area contributed by atoms with Crippen LogP contribution in [0.4, 0.5) is 22.0 Å². The second-order valence-corrected chi connectivity index (χ2v) is 8.82. The van der Waals surface area contributed by atoms with E-state index in [9.17, 15) is 4.79 Å². The molecule has 30 heavy (non-hydrogen) atoms. The number of fused-ring (bicyclic) bond motifs is 2. The fourth-order valence-electron chi connectivity index (χ4n) is 4.01. The molecule has 0 aliphatic carbocycles. The third-order valence-corrected chi connectivity index (χ3v) is 5.30. The maximum atomic E-state index is 12.1. The Bertz CT molecular complexity index is 946. The lowest BCUT2D eigenvalue weighted by Crippen LogP contribution is -2.27. The molecule has 2 aliphatic rings. The Morgan fingerprint density at radius 3 is 2.77 bits per heavy atom. The van der Waals surface area contributed by atoms with E-state index in [2.05, 4.69) is 22.5 Å². The fraction of sp³-hybridized carbons (Fsp3) is 0.478. The molecule has 7 heteroatoms. The summed E-state index contributed by atoms with van der Waals surface area (Å²) in [4.78, 5) is 16.7. The number of rotatable bonds is 2. The van der Waals surface area contributed by atoms with Gasteiger partial charge in [-0.25, -0.2) is 9.78 Å². The Kier molecular flexibility index (Phi) is 5.56. The quantitative estimate of drug-likeness (QED) is 0.701. The molecule has 0 unspecified atom stereocenters. The molecule has 1 aromatic heterocycles. The van der Waals surface area contributed by atoms with Crippen molar-refractivity contribution in [1.29, 1.82) is 0 Å². The van der Waals surface area contributed by atoms with Crippen molar-refractivity contribution >= 4 is 23.3 Å². The standard InChI is InChI=1S/C23H29N3O4/c1-14-12-24-21-17(20(14)15-7-9-28-10-8-15)13-29-19-6-5-16(11-18(19)26-21)25-22(27)30-23(2,3)4/h5-6,11-12,15H,7-10,13H2,1-4H3,(H,24,26)(H,25,27). The van der Waals surface area contributed by atoms with Gasteiger partial charge in [-0.15, -0.1) is 0 Å². The van der Waals surface area contributed by atoms with Crippen LogP contribution in [0.25, 0.3) is 0 Å². The molecule has 1 amide bonds. The number of hydrogen-bond acceptors (Lipinski definition) is 6. The molecule has 2 aliphatic heterocycles. The molecule has 0 saturated carbocycles. The maximum Gasteiger partial charge on any atom is 0.412 e. The van der Waals surface area contributed by atoms with E-state index in [1.165, 1.54) is 11.1 Å². The molecule has 2 N–H and O–H groups in total. The lowest BCUT2D eigenvalue weighted by molar-refractivity contribution is 0.0636. The zero-order valence-corrected chi connectivity index (χ0v) is 18.0. The molecule has 1 aromatic carbocycles. The van der Waals surface area contributed by atoms with Gasteiger partial charge in [0.1, 0.15) is 23.8 Å². The van der Waals surface area contributed by atoms with Crippen LogP contribution in [0.2, 0.25) is 0 Å². The lowest BCUT2D eigenvalue weighted by atomic mass is 9.86. The van der Waals surface area contributed by atoms with Gasteiger partial charge in [0.25, 0.3) is 0 Å². The number of ether oxygens (including phenoxy) is 3. The van der Waals surface area contributed by atoms with E-state index in [0.717, 1.165) is 48.9 Å². The average Bonchev–Trinajstić information content (AvgIpc) is 2.86. The van der Waals surface area contributed by atoms with Crippen molar-refractivity contribution in [2.75, 3.05) is 23.8 Å². The zero-order valence-electron chi connectivity index (χ0n) is 18.0. The van der Waals surface area contributed by atoms with Gasteiger partial charge in [0.05, 0.1) is 5.69 Å². The van der Waals surface area contributed by atoms with E-state index in [-0.39, 0.29) is 0 Å². The van der Waals surface area contributed by atoms with Gasteiger partial charge in [0, 0.05) is 30.7 Å². The third kappa shape index (κ3) is 4.51. The number of aromatic nitrogens is 1. The molecule has 4 rings (SSSR count). The van der Waals surface area contributed by atoms with E-state index in [4.69, 9.17) is 14.2 Å². The maximum absolute atomic E-state index is 12.1. The number of amides is 1. The third-order valence-electron chi connectivity index (χ3n) is 5.30. The number of hydrogen-bond donors (Lipinski definition) is 2. The molecule has 1 fully saturated rings. The molecule has 1 saturated heterocycles. The van der Waals surface area contributed by atoms with Gasteiger partial charge in [-0.3, -0.25) is 5.32 Å². The van der Waals surface area contributed by atoms with Crippen molar-refractivity contribution in [3.05, 3.63) is 41.1 Å². The molecule has 160 valence electrons. The Balaban J connectivity index is 1.60. The largest absolute Gasteiger partial charge is 0.487 e. The zero-order chi connectivity index (χ0) is 21.3. The van der Waals surface area contributed by atoms with Gasteiger partial charge >= 0.3 is 6.09 Å². The van der Waals surface area contributed by atoms with Gasteiger partial charge < -0.3 is 19.5 Å². The van der Waals surface area contributed by atoms with Crippen LogP contribution >= 0.6 is 0 Å². The van der Waals surface area contributed by atoms with Gasteiger partial charge in [-0.2, -0.15) is 0 Å². The molecular formula is C23H29N3O4. The molecule has 0 spiro atoms. The summed E-state index contributed by atoms with van der Waals surface area (Å²) in [7, 11) is 0. The van der Waals surface area contributed by atoms with Gasteiger partial charge in [0.15, 0.2) is 0 Å². The molecule has 7 nitrogen and oxygen atoms in total. The molecule has 0 radical (unpaired) electrons. The summed E-state index contributed by atoms with van der Waals surface area (Å²) in [5.41, 5.74) is 4.42. The minimum Gasteiger partial charge on any atom is -0.487 e. The van der Waals surface area contributed by atoms with Crippen molar-refractivity contribution < 1.29 is 19.0 Å². The van der Waals surface area contributed by atoms with E-state index in [1.54, 1.807) is 6.07 Å². The van der Waals surface area contributed by atoms with Crippen LogP contribution in [0, 0.1) is 6.92 Å². The number of carbonyl (C=O) groups is 1. The Hall–Kier alpha value is -2.80. The summed E-state index contributed by atoms with van der Waals surface area (Å²) >= 11 is 0. The second-order valence-electron chi connectivity index (χ2n) is 8.82. The summed E-state index contributed by atoms with van der Waals surface area (Å²) in [6, 6.07) is 5.49. The number of nitrogens with one attached hydrogen (secondary N) is 2. The average molecular weight is 412 g/mol. The highest BCUT2D eigenvalue weighted by molar-refractivity contribution is 5.87. The van der Waals surface area contributed by atoms with E-state index in [1.807, 2.05) is 39.1 Å². The first kappa shape index (κ1) is 20.5. The molecule has 0 atom stereocenters. The summed E-state index contributed by atoms with van der Waals surface area (Å²) in [6.45, 7) is 9.64. The molecule has 3 heterocycles. The van der Waals surface area contributed by atoms with E-state index < -0.39 is 11.7 Å². The minimum absolute atomic E-state index is 0.450. The van der Waals surface area contributed by atoms with Crippen molar-refractivity contribution in [2.24, 2.45) is 0 Å². The second kappa shape index (κ2) is 8.14. The molecule has 0 bridgehead atoms. The summed E-state index contributed by atoms with van der Waals surface area (Å²) in [5, 5.41) is 6.19. The first-order valence-electron chi connectivity index (χ1n) is 10.4. The lowest BCUT2D eigenvalue weighted by Gasteiger charge is -2.26. The SMILES string of the molecule is Cc1cnc2c(c1C1CCOCC1)COc1ccc(NC(=O)OC(C)(C)C)cc1N2. The number of aryl methyl sites for hydroxylation is 1. The molecule has 2 aromatic rings. The van der Waals surface area contributed by atoms with Crippen LogP contribution in [0.5, 0.6) is 5.75 Å². The van der Waals surface area contributed by atoms with Crippen molar-refractivity contribution in [3.63, 3.8) is 0 Å².